The van der Waals surface area contributed by atoms with Gasteiger partial charge in [-0.1, -0.05) is 30.0 Å². The van der Waals surface area contributed by atoms with Gasteiger partial charge in [-0.3, -0.25) is 14.6 Å². The lowest BCUT2D eigenvalue weighted by molar-refractivity contribution is -0.122. The number of ether oxygens (including phenoxy) is 2. The third-order valence-corrected chi connectivity index (χ3v) is 5.50. The van der Waals surface area contributed by atoms with E-state index in [4.69, 9.17) is 21.7 Å². The van der Waals surface area contributed by atoms with E-state index in [0.717, 1.165) is 38.4 Å². The minimum atomic E-state index is -0.0847. The summed E-state index contributed by atoms with van der Waals surface area (Å²) < 4.78 is 10.9. The van der Waals surface area contributed by atoms with Crippen LogP contribution in [0.4, 0.5) is 0 Å². The maximum absolute atomic E-state index is 12.6. The molecule has 0 spiro atoms. The molecular weight excluding hydrogens is 360 g/mol. The molecule has 2 saturated heterocycles. The molecule has 1 amide bonds. The first-order valence-electron chi connectivity index (χ1n) is 8.01. The molecule has 2 aliphatic rings. The summed E-state index contributed by atoms with van der Waals surface area (Å²) in [4.78, 5) is 17.1. The monoisotopic (exact) mass is 380 g/mol. The zero-order valence-corrected chi connectivity index (χ0v) is 15.6. The quantitative estimate of drug-likeness (QED) is 0.619. The Kier molecular flexibility index (Phi) is 5.95. The highest BCUT2D eigenvalue weighted by Gasteiger charge is 2.32. The van der Waals surface area contributed by atoms with Crippen molar-refractivity contribution < 1.29 is 19.4 Å². The number of nitrogens with zero attached hydrogens (tertiary/aromatic N) is 2. The maximum Gasteiger partial charge on any atom is 0.266 e. The lowest BCUT2D eigenvalue weighted by atomic mass is 10.2. The van der Waals surface area contributed by atoms with Crippen LogP contribution in [-0.4, -0.2) is 71.6 Å². The molecule has 0 aromatic heterocycles. The van der Waals surface area contributed by atoms with Gasteiger partial charge in [0.05, 0.1) is 25.2 Å². The highest BCUT2D eigenvalue weighted by atomic mass is 32.2. The summed E-state index contributed by atoms with van der Waals surface area (Å²) in [6.45, 7) is 4.60. The predicted molar refractivity (Wildman–Crippen MR) is 102 cm³/mol. The minimum Gasteiger partial charge on any atom is -0.504 e. The fourth-order valence-electron chi connectivity index (χ4n) is 2.71. The van der Waals surface area contributed by atoms with Gasteiger partial charge in [-0.15, -0.1) is 0 Å². The SMILES string of the molecule is COc1ccc(/C=C2/SC(=S)N(CCN3CCOCC3)C2=O)cc1O. The zero-order chi connectivity index (χ0) is 17.8. The molecule has 25 heavy (non-hydrogen) atoms. The van der Waals surface area contributed by atoms with Crippen molar-refractivity contribution in [3.8, 4) is 11.5 Å². The Bertz CT molecular complexity index is 702. The van der Waals surface area contributed by atoms with Crippen LogP contribution in [0, 0.1) is 0 Å². The Morgan fingerprint density at radius 2 is 2.12 bits per heavy atom. The van der Waals surface area contributed by atoms with E-state index in [-0.39, 0.29) is 11.7 Å². The van der Waals surface area contributed by atoms with Crippen molar-refractivity contribution in [3.05, 3.63) is 28.7 Å². The van der Waals surface area contributed by atoms with Gasteiger partial charge >= 0.3 is 0 Å². The van der Waals surface area contributed by atoms with Gasteiger partial charge in [-0.25, -0.2) is 0 Å². The number of morpholine rings is 1. The number of amides is 1. The average molecular weight is 380 g/mol. The number of hydrogen-bond acceptors (Lipinski definition) is 7. The van der Waals surface area contributed by atoms with E-state index in [1.807, 2.05) is 0 Å². The van der Waals surface area contributed by atoms with Gasteiger partial charge < -0.3 is 14.6 Å². The van der Waals surface area contributed by atoms with E-state index in [1.54, 1.807) is 29.2 Å². The first-order valence-corrected chi connectivity index (χ1v) is 9.23. The summed E-state index contributed by atoms with van der Waals surface area (Å²) in [7, 11) is 1.49. The number of phenolic OH excluding ortho intramolecular Hbond substituents is 1. The van der Waals surface area contributed by atoms with Crippen molar-refractivity contribution >= 4 is 40.3 Å². The third kappa shape index (κ3) is 4.33. The summed E-state index contributed by atoms with van der Waals surface area (Å²) in [6.07, 6.45) is 1.74. The number of carbonyl (C=O) groups is 1. The molecule has 134 valence electrons. The van der Waals surface area contributed by atoms with Crippen molar-refractivity contribution in [1.29, 1.82) is 0 Å². The second kappa shape index (κ2) is 8.18. The van der Waals surface area contributed by atoms with Crippen molar-refractivity contribution in [2.24, 2.45) is 0 Å². The highest BCUT2D eigenvalue weighted by Crippen LogP contribution is 2.34. The summed E-state index contributed by atoms with van der Waals surface area (Å²) in [5.41, 5.74) is 0.729. The van der Waals surface area contributed by atoms with Crippen LogP contribution >= 0.6 is 24.0 Å². The molecule has 6 nitrogen and oxygen atoms in total. The molecule has 2 fully saturated rings. The molecule has 2 aliphatic heterocycles. The van der Waals surface area contributed by atoms with Crippen molar-refractivity contribution in [1.82, 2.24) is 9.80 Å². The largest absolute Gasteiger partial charge is 0.504 e. The summed E-state index contributed by atoms with van der Waals surface area (Å²) in [5, 5.41) is 9.87. The molecular formula is C17H20N2O4S2. The molecule has 1 aromatic rings. The maximum atomic E-state index is 12.6. The Morgan fingerprint density at radius 3 is 2.80 bits per heavy atom. The Hall–Kier alpha value is -1.61. The van der Waals surface area contributed by atoms with E-state index >= 15 is 0 Å². The van der Waals surface area contributed by atoms with Gasteiger partial charge in [-0.2, -0.15) is 0 Å². The number of thiocarbonyl (C=S) groups is 1. The Morgan fingerprint density at radius 1 is 1.36 bits per heavy atom. The Balaban J connectivity index is 1.66. The fraction of sp³-hybridized carbons (Fsp3) is 0.412. The summed E-state index contributed by atoms with van der Waals surface area (Å²) in [5.74, 6) is 0.354. The van der Waals surface area contributed by atoms with Crippen LogP contribution in [0.2, 0.25) is 0 Å². The lowest BCUT2D eigenvalue weighted by Gasteiger charge is -2.28. The van der Waals surface area contributed by atoms with Crippen LogP contribution in [0.25, 0.3) is 6.08 Å². The Labute approximate surface area is 156 Å². The fourth-order valence-corrected chi connectivity index (χ4v) is 4.02. The van der Waals surface area contributed by atoms with Gasteiger partial charge in [0, 0.05) is 26.2 Å². The molecule has 1 aromatic carbocycles. The van der Waals surface area contributed by atoms with E-state index < -0.39 is 0 Å². The van der Waals surface area contributed by atoms with E-state index in [1.165, 1.54) is 18.9 Å². The van der Waals surface area contributed by atoms with Gasteiger partial charge in [0.2, 0.25) is 0 Å². The van der Waals surface area contributed by atoms with Gasteiger partial charge in [0.25, 0.3) is 5.91 Å². The zero-order valence-electron chi connectivity index (χ0n) is 13.9. The first-order chi connectivity index (χ1) is 12.1. The number of hydrogen-bond donors (Lipinski definition) is 1. The van der Waals surface area contributed by atoms with Crippen LogP contribution in [-0.2, 0) is 9.53 Å². The van der Waals surface area contributed by atoms with Crippen LogP contribution in [0.3, 0.4) is 0 Å². The molecule has 0 saturated carbocycles. The lowest BCUT2D eigenvalue weighted by Crippen LogP contribution is -2.42. The molecule has 8 heteroatoms. The third-order valence-electron chi connectivity index (χ3n) is 4.12. The number of phenols is 1. The van der Waals surface area contributed by atoms with Crippen molar-refractivity contribution in [2.45, 2.75) is 0 Å². The van der Waals surface area contributed by atoms with Crippen LogP contribution < -0.4 is 4.74 Å². The van der Waals surface area contributed by atoms with Crippen LogP contribution in [0.1, 0.15) is 5.56 Å². The van der Waals surface area contributed by atoms with Gasteiger partial charge in [0.1, 0.15) is 4.32 Å². The van der Waals surface area contributed by atoms with Gasteiger partial charge in [0.15, 0.2) is 11.5 Å². The summed E-state index contributed by atoms with van der Waals surface area (Å²) in [6, 6.07) is 5.03. The number of thioether (sulfide) groups is 1. The number of carbonyl (C=O) groups excluding carboxylic acids is 1. The van der Waals surface area contributed by atoms with Gasteiger partial charge in [-0.05, 0) is 23.8 Å². The molecule has 1 N–H and O–H groups in total. The van der Waals surface area contributed by atoms with Crippen LogP contribution in [0.5, 0.6) is 11.5 Å². The molecule has 0 aliphatic carbocycles. The number of methoxy groups -OCH3 is 1. The van der Waals surface area contributed by atoms with Crippen molar-refractivity contribution in [2.75, 3.05) is 46.5 Å². The number of rotatable bonds is 5. The smallest absolute Gasteiger partial charge is 0.266 e. The summed E-state index contributed by atoms with van der Waals surface area (Å²) >= 11 is 6.65. The standard InChI is InChI=1S/C17H20N2O4S2/c1-22-14-3-2-12(10-13(14)20)11-15-16(21)19(17(24)25-15)5-4-18-6-8-23-9-7-18/h2-3,10-11,20H,4-9H2,1H3/b15-11+. The minimum absolute atomic E-state index is 0.0408. The van der Waals surface area contributed by atoms with Crippen LogP contribution in [0.15, 0.2) is 23.1 Å². The highest BCUT2D eigenvalue weighted by molar-refractivity contribution is 8.26. The first kappa shape index (κ1) is 18.2. The van der Waals surface area contributed by atoms with E-state index in [9.17, 15) is 9.90 Å². The molecule has 0 bridgehead atoms. The normalized spacial score (nSPS) is 20.5. The molecule has 3 rings (SSSR count). The topological polar surface area (TPSA) is 62.2 Å². The molecule has 2 heterocycles. The van der Waals surface area contributed by atoms with E-state index in [0.29, 0.717) is 21.5 Å². The number of benzene rings is 1. The number of aromatic hydroxyl groups is 1. The van der Waals surface area contributed by atoms with E-state index in [2.05, 4.69) is 4.90 Å². The molecule has 0 unspecified atom stereocenters. The van der Waals surface area contributed by atoms with Crippen molar-refractivity contribution in [3.63, 3.8) is 0 Å². The predicted octanol–water partition coefficient (Wildman–Crippen LogP) is 1.93. The average Bonchev–Trinajstić information content (AvgIpc) is 2.87. The molecule has 0 atom stereocenters. The second-order valence-corrected chi connectivity index (χ2v) is 7.39. The second-order valence-electron chi connectivity index (χ2n) is 5.72. The molecule has 0 radical (unpaired) electrons.